The fourth-order valence-electron chi connectivity index (χ4n) is 4.12. The molecule has 1 amide bonds. The number of piperazine rings is 1. The van der Waals surface area contributed by atoms with E-state index >= 15 is 0 Å². The molecule has 178 valence electrons. The normalized spacial score (nSPS) is 14.1. The smallest absolute Gasteiger partial charge is 0.260 e. The van der Waals surface area contributed by atoms with E-state index in [2.05, 4.69) is 32.2 Å². The minimum Gasteiger partial charge on any atom is -0.484 e. The van der Waals surface area contributed by atoms with Crippen LogP contribution in [0.2, 0.25) is 0 Å². The summed E-state index contributed by atoms with van der Waals surface area (Å²) < 4.78 is 11.2. The first kappa shape index (κ1) is 22.7. The Hall–Kier alpha value is -4.04. The Labute approximate surface area is 204 Å². The molecule has 0 spiro atoms. The Balaban J connectivity index is 1.14. The molecule has 0 bridgehead atoms. The van der Waals surface area contributed by atoms with Crippen LogP contribution in [0.5, 0.6) is 5.75 Å². The van der Waals surface area contributed by atoms with Crippen molar-refractivity contribution in [1.29, 1.82) is 0 Å². The average molecular weight is 470 g/mol. The van der Waals surface area contributed by atoms with Crippen LogP contribution in [-0.4, -0.2) is 63.6 Å². The fourth-order valence-corrected chi connectivity index (χ4v) is 4.12. The van der Waals surface area contributed by atoms with Gasteiger partial charge < -0.3 is 14.2 Å². The molecule has 0 atom stereocenters. The van der Waals surface area contributed by atoms with E-state index in [1.165, 1.54) is 0 Å². The molecule has 3 heterocycles. The first-order valence-corrected chi connectivity index (χ1v) is 11.7. The molecule has 8 nitrogen and oxygen atoms in total. The quantitative estimate of drug-likeness (QED) is 0.407. The zero-order chi connectivity index (χ0) is 24.0. The van der Waals surface area contributed by atoms with Gasteiger partial charge in [-0.15, -0.1) is 0 Å². The van der Waals surface area contributed by atoms with Crippen molar-refractivity contribution in [2.75, 3.05) is 32.8 Å². The van der Waals surface area contributed by atoms with Crippen LogP contribution in [0.25, 0.3) is 22.8 Å². The lowest BCUT2D eigenvalue weighted by atomic mass is 10.1. The van der Waals surface area contributed by atoms with Gasteiger partial charge in [-0.05, 0) is 42.3 Å². The maximum atomic E-state index is 12.6. The third kappa shape index (κ3) is 5.55. The Morgan fingerprint density at radius 1 is 1.00 bits per heavy atom. The van der Waals surface area contributed by atoms with Crippen molar-refractivity contribution >= 4 is 5.91 Å². The van der Waals surface area contributed by atoms with E-state index in [0.717, 1.165) is 47.6 Å². The molecule has 1 saturated heterocycles. The number of ether oxygens (including phenoxy) is 1. The van der Waals surface area contributed by atoms with Crippen molar-refractivity contribution in [3.05, 3.63) is 84.2 Å². The monoisotopic (exact) mass is 469 g/mol. The number of pyridine rings is 1. The van der Waals surface area contributed by atoms with Gasteiger partial charge in [-0.3, -0.25) is 14.7 Å². The summed E-state index contributed by atoms with van der Waals surface area (Å²) >= 11 is 0. The largest absolute Gasteiger partial charge is 0.484 e. The Bertz CT molecular complexity index is 1280. The third-order valence-corrected chi connectivity index (χ3v) is 6.10. The van der Waals surface area contributed by atoms with Crippen molar-refractivity contribution in [3.63, 3.8) is 0 Å². The standard InChI is InChI=1S/C27H27N5O3/c1-20-6-2-3-10-24(20)34-19-25(33)32-14-12-31(13-15-32)18-21-7-4-8-22(16-21)26-29-27(35-30-26)23-9-5-11-28-17-23/h2-11,16-17H,12-15,18-19H2,1H3. The molecule has 4 aromatic rings. The highest BCUT2D eigenvalue weighted by atomic mass is 16.5. The first-order chi connectivity index (χ1) is 17.2. The number of aromatic nitrogens is 3. The van der Waals surface area contributed by atoms with Crippen molar-refractivity contribution in [2.24, 2.45) is 0 Å². The average Bonchev–Trinajstić information content (AvgIpc) is 3.40. The number of aryl methyl sites for hydroxylation is 1. The Kier molecular flexibility index (Phi) is 6.81. The molecule has 1 aliphatic heterocycles. The second-order valence-electron chi connectivity index (χ2n) is 8.58. The summed E-state index contributed by atoms with van der Waals surface area (Å²) in [4.78, 5) is 25.5. The molecule has 0 unspecified atom stereocenters. The summed E-state index contributed by atoms with van der Waals surface area (Å²) in [6.07, 6.45) is 3.41. The summed E-state index contributed by atoms with van der Waals surface area (Å²) in [5, 5.41) is 4.14. The molecular weight excluding hydrogens is 442 g/mol. The van der Waals surface area contributed by atoms with E-state index in [0.29, 0.717) is 24.8 Å². The van der Waals surface area contributed by atoms with Gasteiger partial charge in [0.25, 0.3) is 11.8 Å². The molecule has 8 heteroatoms. The Morgan fingerprint density at radius 3 is 2.63 bits per heavy atom. The van der Waals surface area contributed by atoms with E-state index in [1.807, 2.05) is 60.4 Å². The van der Waals surface area contributed by atoms with Crippen LogP contribution in [0.15, 0.2) is 77.6 Å². The number of amides is 1. The number of carbonyl (C=O) groups excluding carboxylic acids is 1. The minimum absolute atomic E-state index is 0.0245. The lowest BCUT2D eigenvalue weighted by molar-refractivity contribution is -0.135. The molecule has 0 aliphatic carbocycles. The van der Waals surface area contributed by atoms with Gasteiger partial charge in [-0.1, -0.05) is 41.6 Å². The van der Waals surface area contributed by atoms with E-state index in [1.54, 1.807) is 12.4 Å². The van der Waals surface area contributed by atoms with E-state index in [9.17, 15) is 4.79 Å². The highest BCUT2D eigenvalue weighted by molar-refractivity contribution is 5.78. The van der Waals surface area contributed by atoms with Gasteiger partial charge in [0.2, 0.25) is 5.82 Å². The van der Waals surface area contributed by atoms with Crippen LogP contribution in [0.4, 0.5) is 0 Å². The van der Waals surface area contributed by atoms with Crippen LogP contribution < -0.4 is 4.74 Å². The number of hydrogen-bond donors (Lipinski definition) is 0. The number of rotatable bonds is 7. The first-order valence-electron chi connectivity index (χ1n) is 11.7. The van der Waals surface area contributed by atoms with Crippen LogP contribution >= 0.6 is 0 Å². The van der Waals surface area contributed by atoms with Crippen LogP contribution in [0.1, 0.15) is 11.1 Å². The zero-order valence-corrected chi connectivity index (χ0v) is 19.6. The minimum atomic E-state index is 0.0245. The molecule has 2 aromatic carbocycles. The van der Waals surface area contributed by atoms with Gasteiger partial charge in [0.1, 0.15) is 5.75 Å². The molecule has 0 radical (unpaired) electrons. The SMILES string of the molecule is Cc1ccccc1OCC(=O)N1CCN(Cc2cccc(-c3noc(-c4cccnc4)n3)c2)CC1. The van der Waals surface area contributed by atoms with Crippen molar-refractivity contribution in [2.45, 2.75) is 13.5 Å². The topological polar surface area (TPSA) is 84.6 Å². The van der Waals surface area contributed by atoms with E-state index in [4.69, 9.17) is 9.26 Å². The number of carbonyl (C=O) groups is 1. The third-order valence-electron chi connectivity index (χ3n) is 6.10. The van der Waals surface area contributed by atoms with Crippen molar-refractivity contribution < 1.29 is 14.1 Å². The van der Waals surface area contributed by atoms with Gasteiger partial charge in [-0.2, -0.15) is 4.98 Å². The van der Waals surface area contributed by atoms with Gasteiger partial charge in [-0.25, -0.2) is 0 Å². The zero-order valence-electron chi connectivity index (χ0n) is 19.6. The molecule has 5 rings (SSSR count). The summed E-state index contributed by atoms with van der Waals surface area (Å²) in [6.45, 7) is 5.85. The van der Waals surface area contributed by atoms with Crippen LogP contribution in [0, 0.1) is 6.92 Å². The summed E-state index contributed by atoms with van der Waals surface area (Å²) in [6, 6.07) is 19.6. The van der Waals surface area contributed by atoms with E-state index < -0.39 is 0 Å². The van der Waals surface area contributed by atoms with Gasteiger partial charge in [0.05, 0.1) is 5.56 Å². The Morgan fingerprint density at radius 2 is 1.83 bits per heavy atom. The molecule has 0 saturated carbocycles. The van der Waals surface area contributed by atoms with Crippen LogP contribution in [0.3, 0.4) is 0 Å². The molecule has 0 N–H and O–H groups in total. The fraction of sp³-hybridized carbons (Fsp3) is 0.259. The predicted octanol–water partition coefficient (Wildman–Crippen LogP) is 3.83. The predicted molar refractivity (Wildman–Crippen MR) is 131 cm³/mol. The molecule has 1 fully saturated rings. The summed E-state index contributed by atoms with van der Waals surface area (Å²) in [5.74, 6) is 1.78. The molecular formula is C27H27N5O3. The molecule has 2 aromatic heterocycles. The lowest BCUT2D eigenvalue weighted by Crippen LogP contribution is -2.49. The highest BCUT2D eigenvalue weighted by Crippen LogP contribution is 2.23. The second kappa shape index (κ2) is 10.5. The van der Waals surface area contributed by atoms with E-state index in [-0.39, 0.29) is 12.5 Å². The van der Waals surface area contributed by atoms with Crippen molar-refractivity contribution in [3.8, 4) is 28.6 Å². The van der Waals surface area contributed by atoms with Gasteiger partial charge >= 0.3 is 0 Å². The highest BCUT2D eigenvalue weighted by Gasteiger charge is 2.22. The van der Waals surface area contributed by atoms with Crippen LogP contribution in [-0.2, 0) is 11.3 Å². The maximum Gasteiger partial charge on any atom is 0.260 e. The summed E-state index contributed by atoms with van der Waals surface area (Å²) in [5.41, 5.74) is 3.89. The molecule has 1 aliphatic rings. The second-order valence-corrected chi connectivity index (χ2v) is 8.58. The number of para-hydroxylation sites is 1. The van der Waals surface area contributed by atoms with Crippen molar-refractivity contribution in [1.82, 2.24) is 24.9 Å². The molecule has 35 heavy (non-hydrogen) atoms. The van der Waals surface area contributed by atoms with Gasteiger partial charge in [0.15, 0.2) is 6.61 Å². The van der Waals surface area contributed by atoms with Gasteiger partial charge in [0, 0.05) is 50.7 Å². The lowest BCUT2D eigenvalue weighted by Gasteiger charge is -2.34. The number of nitrogens with zero attached hydrogens (tertiary/aromatic N) is 5. The number of hydrogen-bond acceptors (Lipinski definition) is 7. The summed E-state index contributed by atoms with van der Waals surface area (Å²) in [7, 11) is 0. The maximum absolute atomic E-state index is 12.6. The number of benzene rings is 2.